The lowest BCUT2D eigenvalue weighted by atomic mass is 10.2. The maximum Gasteiger partial charge on any atom is 0.289 e. The first-order valence-corrected chi connectivity index (χ1v) is 7.50. The van der Waals surface area contributed by atoms with E-state index in [1.54, 1.807) is 24.3 Å². The molecule has 1 unspecified atom stereocenters. The molecule has 3 rings (SSSR count). The van der Waals surface area contributed by atoms with Crippen LogP contribution in [-0.4, -0.2) is 41.0 Å². The molecule has 0 saturated heterocycles. The van der Waals surface area contributed by atoms with Crippen LogP contribution in [0.25, 0.3) is 0 Å². The fourth-order valence-corrected chi connectivity index (χ4v) is 2.22. The molecular formula is C17H16N4O4. The van der Waals surface area contributed by atoms with Crippen LogP contribution in [0.2, 0.25) is 0 Å². The lowest BCUT2D eigenvalue weighted by molar-refractivity contribution is -0.143. The standard InChI is InChI=1S/C17H16N4O4/c1-11(22)21-17(25-16(20-21)12-6-4-3-5-7-12)15(23)19-13-8-9-14(24-2)18-10-13/h3-10,17H,1-2H3,(H,19,23). The smallest absolute Gasteiger partial charge is 0.289 e. The zero-order chi connectivity index (χ0) is 17.8. The Morgan fingerprint density at radius 1 is 1.20 bits per heavy atom. The largest absolute Gasteiger partial charge is 0.481 e. The van der Waals surface area contributed by atoms with Crippen molar-refractivity contribution in [3.8, 4) is 5.88 Å². The van der Waals surface area contributed by atoms with Gasteiger partial charge in [0.25, 0.3) is 12.1 Å². The van der Waals surface area contributed by atoms with E-state index < -0.39 is 18.0 Å². The summed E-state index contributed by atoms with van der Waals surface area (Å²) in [7, 11) is 1.50. The van der Waals surface area contributed by atoms with Gasteiger partial charge in [-0.1, -0.05) is 18.2 Å². The van der Waals surface area contributed by atoms with Crippen molar-refractivity contribution in [2.24, 2.45) is 5.10 Å². The highest BCUT2D eigenvalue weighted by molar-refractivity contribution is 6.02. The van der Waals surface area contributed by atoms with Crippen LogP contribution < -0.4 is 10.1 Å². The van der Waals surface area contributed by atoms with Gasteiger partial charge in [-0.25, -0.2) is 4.98 Å². The topological polar surface area (TPSA) is 93.1 Å². The minimum atomic E-state index is -1.19. The second-order valence-electron chi connectivity index (χ2n) is 5.18. The number of carbonyl (C=O) groups is 2. The summed E-state index contributed by atoms with van der Waals surface area (Å²) in [6.45, 7) is 1.32. The molecule has 2 heterocycles. The Morgan fingerprint density at radius 2 is 1.96 bits per heavy atom. The first kappa shape index (κ1) is 16.4. The van der Waals surface area contributed by atoms with E-state index in [1.165, 1.54) is 20.2 Å². The third-order valence-electron chi connectivity index (χ3n) is 3.42. The van der Waals surface area contributed by atoms with E-state index in [0.717, 1.165) is 5.01 Å². The number of pyridine rings is 1. The SMILES string of the molecule is COc1ccc(NC(=O)C2OC(c3ccccc3)=NN2C(C)=O)cn1. The average Bonchev–Trinajstić information content (AvgIpc) is 3.09. The molecule has 0 radical (unpaired) electrons. The quantitative estimate of drug-likeness (QED) is 0.912. The van der Waals surface area contributed by atoms with Gasteiger partial charge in [0.15, 0.2) is 0 Å². The predicted molar refractivity (Wildman–Crippen MR) is 89.8 cm³/mol. The molecule has 0 fully saturated rings. The molecule has 0 bridgehead atoms. The summed E-state index contributed by atoms with van der Waals surface area (Å²) < 4.78 is 10.6. The summed E-state index contributed by atoms with van der Waals surface area (Å²) in [5.74, 6) is -0.297. The monoisotopic (exact) mass is 340 g/mol. The van der Waals surface area contributed by atoms with Crippen molar-refractivity contribution in [1.29, 1.82) is 0 Å². The van der Waals surface area contributed by atoms with Gasteiger partial charge in [0.1, 0.15) is 0 Å². The van der Waals surface area contributed by atoms with Crippen molar-refractivity contribution in [2.45, 2.75) is 13.2 Å². The fourth-order valence-electron chi connectivity index (χ4n) is 2.22. The van der Waals surface area contributed by atoms with Crippen LogP contribution in [0.1, 0.15) is 12.5 Å². The summed E-state index contributed by atoms with van der Waals surface area (Å²) in [6.07, 6.45) is 0.262. The number of aromatic nitrogens is 1. The highest BCUT2D eigenvalue weighted by Crippen LogP contribution is 2.19. The normalized spacial score (nSPS) is 16.0. The minimum absolute atomic E-state index is 0.212. The number of benzene rings is 1. The van der Waals surface area contributed by atoms with Crippen LogP contribution in [0.5, 0.6) is 5.88 Å². The van der Waals surface area contributed by atoms with Crippen LogP contribution in [0, 0.1) is 0 Å². The van der Waals surface area contributed by atoms with E-state index in [2.05, 4.69) is 15.4 Å². The Morgan fingerprint density at radius 3 is 2.56 bits per heavy atom. The average molecular weight is 340 g/mol. The summed E-state index contributed by atoms with van der Waals surface area (Å²) in [5, 5.41) is 7.76. The molecule has 2 aromatic rings. The molecule has 2 amide bonds. The van der Waals surface area contributed by atoms with Gasteiger partial charge < -0.3 is 14.8 Å². The van der Waals surface area contributed by atoms with Gasteiger partial charge in [-0.3, -0.25) is 9.59 Å². The lowest BCUT2D eigenvalue weighted by Gasteiger charge is -2.18. The second-order valence-corrected chi connectivity index (χ2v) is 5.18. The van der Waals surface area contributed by atoms with Crippen LogP contribution in [-0.2, 0) is 14.3 Å². The molecule has 1 aliphatic rings. The number of hydrazone groups is 1. The van der Waals surface area contributed by atoms with Gasteiger partial charge in [0.05, 0.1) is 19.0 Å². The van der Waals surface area contributed by atoms with Gasteiger partial charge in [-0.15, -0.1) is 5.10 Å². The Kier molecular flexibility index (Phi) is 4.60. The zero-order valence-electron chi connectivity index (χ0n) is 13.7. The summed E-state index contributed by atoms with van der Waals surface area (Å²) in [5.41, 5.74) is 1.13. The van der Waals surface area contributed by atoms with E-state index in [-0.39, 0.29) is 5.90 Å². The number of carbonyl (C=O) groups excluding carboxylic acids is 2. The van der Waals surface area contributed by atoms with Crippen molar-refractivity contribution < 1.29 is 19.1 Å². The van der Waals surface area contributed by atoms with Crippen LogP contribution >= 0.6 is 0 Å². The van der Waals surface area contributed by atoms with Gasteiger partial charge in [0, 0.05) is 18.6 Å². The first-order chi connectivity index (χ1) is 12.1. The second kappa shape index (κ2) is 7.00. The summed E-state index contributed by atoms with van der Waals surface area (Å²) in [6, 6.07) is 12.3. The number of rotatable bonds is 4. The Bertz CT molecular complexity index is 805. The number of hydrogen-bond acceptors (Lipinski definition) is 6. The molecule has 1 N–H and O–H groups in total. The van der Waals surface area contributed by atoms with Gasteiger partial charge in [0.2, 0.25) is 17.7 Å². The van der Waals surface area contributed by atoms with Crippen LogP contribution in [0.4, 0.5) is 5.69 Å². The highest BCUT2D eigenvalue weighted by atomic mass is 16.5. The number of ether oxygens (including phenoxy) is 2. The molecule has 1 aromatic heterocycles. The van der Waals surface area contributed by atoms with E-state index in [9.17, 15) is 9.59 Å². The number of nitrogens with one attached hydrogen (secondary N) is 1. The minimum Gasteiger partial charge on any atom is -0.481 e. The third-order valence-corrected chi connectivity index (χ3v) is 3.42. The Hall–Kier alpha value is -3.42. The number of methoxy groups -OCH3 is 1. The van der Waals surface area contributed by atoms with Crippen molar-refractivity contribution in [1.82, 2.24) is 9.99 Å². The Labute approximate surface area is 144 Å². The lowest BCUT2D eigenvalue weighted by Crippen LogP contribution is -2.42. The van der Waals surface area contributed by atoms with Crippen molar-refractivity contribution in [2.75, 3.05) is 12.4 Å². The molecule has 128 valence electrons. The van der Waals surface area contributed by atoms with Crippen molar-refractivity contribution in [3.05, 3.63) is 54.2 Å². The Balaban J connectivity index is 1.76. The maximum absolute atomic E-state index is 12.5. The number of amides is 2. The third kappa shape index (κ3) is 3.57. The molecular weight excluding hydrogens is 324 g/mol. The maximum atomic E-state index is 12.5. The molecule has 1 aliphatic heterocycles. The fraction of sp³-hybridized carbons (Fsp3) is 0.176. The summed E-state index contributed by atoms with van der Waals surface area (Å²) in [4.78, 5) is 28.3. The molecule has 0 aliphatic carbocycles. The summed E-state index contributed by atoms with van der Waals surface area (Å²) >= 11 is 0. The van der Waals surface area contributed by atoms with E-state index in [1.807, 2.05) is 18.2 Å². The van der Waals surface area contributed by atoms with E-state index in [0.29, 0.717) is 17.1 Å². The molecule has 1 atom stereocenters. The first-order valence-electron chi connectivity index (χ1n) is 7.50. The number of nitrogens with zero attached hydrogens (tertiary/aromatic N) is 3. The van der Waals surface area contributed by atoms with Crippen LogP contribution in [0.15, 0.2) is 53.8 Å². The van der Waals surface area contributed by atoms with Crippen LogP contribution in [0.3, 0.4) is 0 Å². The van der Waals surface area contributed by atoms with E-state index in [4.69, 9.17) is 9.47 Å². The van der Waals surface area contributed by atoms with Crippen molar-refractivity contribution in [3.63, 3.8) is 0 Å². The predicted octanol–water partition coefficient (Wildman–Crippen LogP) is 1.60. The van der Waals surface area contributed by atoms with E-state index >= 15 is 0 Å². The van der Waals surface area contributed by atoms with Crippen molar-refractivity contribution >= 4 is 23.4 Å². The zero-order valence-corrected chi connectivity index (χ0v) is 13.7. The molecule has 0 saturated carbocycles. The molecule has 25 heavy (non-hydrogen) atoms. The number of anilines is 1. The van der Waals surface area contributed by atoms with Gasteiger partial charge in [-0.05, 0) is 18.2 Å². The van der Waals surface area contributed by atoms with Gasteiger partial charge >= 0.3 is 0 Å². The highest BCUT2D eigenvalue weighted by Gasteiger charge is 2.37. The molecule has 8 heteroatoms. The molecule has 0 spiro atoms. The molecule has 1 aromatic carbocycles. The van der Waals surface area contributed by atoms with Gasteiger partial charge in [-0.2, -0.15) is 5.01 Å². The molecule has 8 nitrogen and oxygen atoms in total. The number of hydrogen-bond donors (Lipinski definition) is 1.